The molecule has 26 heavy (non-hydrogen) atoms. The van der Waals surface area contributed by atoms with Crippen LogP contribution in [0.1, 0.15) is 0 Å². The smallest absolute Gasteiger partial charge is 0.179 e. The zero-order chi connectivity index (χ0) is 19.0. The summed E-state index contributed by atoms with van der Waals surface area (Å²) in [4.78, 5) is 8.03. The number of nitrogens with two attached hydrogens (primary N) is 2. The number of sulfone groups is 1. The van der Waals surface area contributed by atoms with Crippen molar-refractivity contribution >= 4 is 33.3 Å². The molecular formula is C17H23N3O4S2. The van der Waals surface area contributed by atoms with Crippen molar-refractivity contribution < 1.29 is 17.6 Å². The van der Waals surface area contributed by atoms with Crippen LogP contribution in [0.2, 0.25) is 0 Å². The molecule has 2 aromatic carbocycles. The summed E-state index contributed by atoms with van der Waals surface area (Å²) in [6, 6.07) is 13.6. The summed E-state index contributed by atoms with van der Waals surface area (Å²) in [5.41, 5.74) is 12.4. The number of nitrogens with zero attached hydrogens (tertiary/aromatic N) is 1. The number of nitrogen functional groups attached to an aromatic ring is 2. The van der Waals surface area contributed by atoms with E-state index in [4.69, 9.17) is 20.7 Å². The highest BCUT2D eigenvalue weighted by Crippen LogP contribution is 2.21. The summed E-state index contributed by atoms with van der Waals surface area (Å²) in [5.74, 6) is 0.00581. The van der Waals surface area contributed by atoms with Gasteiger partial charge in [-0.2, -0.15) is 4.33 Å². The molecule has 4 N–H and O–H groups in total. The van der Waals surface area contributed by atoms with Gasteiger partial charge in [-0.25, -0.2) is 13.3 Å². The van der Waals surface area contributed by atoms with Gasteiger partial charge in [0.05, 0.1) is 29.3 Å². The van der Waals surface area contributed by atoms with E-state index >= 15 is 0 Å². The average Bonchev–Trinajstić information content (AvgIpc) is 2.60. The van der Waals surface area contributed by atoms with Crippen molar-refractivity contribution in [3.63, 3.8) is 0 Å². The maximum Gasteiger partial charge on any atom is 0.179 e. The van der Waals surface area contributed by atoms with E-state index in [0.29, 0.717) is 31.1 Å². The van der Waals surface area contributed by atoms with Gasteiger partial charge in [-0.1, -0.05) is 12.1 Å². The molecule has 2 aromatic rings. The predicted octanol–water partition coefficient (Wildman–Crippen LogP) is 2.21. The SMILES string of the molecule is CN(CCOOSc1cccc(N)c1)CCS(=O)(=O)c1cccc(N)c1. The minimum absolute atomic E-state index is 0.00581. The number of anilines is 2. The fourth-order valence-corrected chi connectivity index (χ4v) is 3.97. The van der Waals surface area contributed by atoms with Crippen LogP contribution in [-0.4, -0.2) is 45.8 Å². The number of rotatable bonds is 10. The Kier molecular flexibility index (Phi) is 7.73. The minimum Gasteiger partial charge on any atom is -0.399 e. The number of hydrogen-bond donors (Lipinski definition) is 2. The Morgan fingerprint density at radius 3 is 2.42 bits per heavy atom. The largest absolute Gasteiger partial charge is 0.399 e. The Hall–Kier alpha value is -1.78. The summed E-state index contributed by atoms with van der Waals surface area (Å²) in [7, 11) is -1.54. The highest BCUT2D eigenvalue weighted by atomic mass is 32.2. The lowest BCUT2D eigenvalue weighted by molar-refractivity contribution is -0.192. The third-order valence-corrected chi connectivity index (χ3v) is 5.85. The first-order chi connectivity index (χ1) is 12.4. The van der Waals surface area contributed by atoms with Gasteiger partial charge in [0.25, 0.3) is 0 Å². The van der Waals surface area contributed by atoms with Crippen molar-refractivity contribution in [2.24, 2.45) is 0 Å². The monoisotopic (exact) mass is 397 g/mol. The first-order valence-corrected chi connectivity index (χ1v) is 10.3. The minimum atomic E-state index is -3.36. The van der Waals surface area contributed by atoms with Crippen molar-refractivity contribution in [3.05, 3.63) is 48.5 Å². The third-order valence-electron chi connectivity index (χ3n) is 3.55. The van der Waals surface area contributed by atoms with E-state index in [1.54, 1.807) is 30.3 Å². The molecule has 0 saturated heterocycles. The summed E-state index contributed by atoms with van der Waals surface area (Å²) >= 11 is 1.07. The normalized spacial score (nSPS) is 11.8. The molecule has 2 rings (SSSR count). The molecule has 0 heterocycles. The lowest BCUT2D eigenvalue weighted by atomic mass is 10.3. The second-order valence-corrected chi connectivity index (χ2v) is 8.62. The van der Waals surface area contributed by atoms with Crippen LogP contribution >= 0.6 is 12.0 Å². The molecule has 0 aromatic heterocycles. The standard InChI is InChI=1S/C17H23N3O4S2/c1-20(8-10-23-24-25-16-6-2-4-14(18)12-16)9-11-26(21,22)17-7-3-5-15(19)13-17/h2-7,12-13H,8-11,18-19H2,1H3. The van der Waals surface area contributed by atoms with E-state index in [1.807, 2.05) is 24.1 Å². The van der Waals surface area contributed by atoms with Crippen molar-refractivity contribution in [2.45, 2.75) is 9.79 Å². The van der Waals surface area contributed by atoms with Gasteiger partial charge >= 0.3 is 0 Å². The second-order valence-electron chi connectivity index (χ2n) is 5.74. The molecule has 7 nitrogen and oxygen atoms in total. The molecular weight excluding hydrogens is 374 g/mol. The molecule has 0 radical (unpaired) electrons. The van der Waals surface area contributed by atoms with Crippen molar-refractivity contribution in [1.82, 2.24) is 4.90 Å². The van der Waals surface area contributed by atoms with Crippen LogP contribution in [0, 0.1) is 0 Å². The molecule has 0 spiro atoms. The maximum absolute atomic E-state index is 12.3. The predicted molar refractivity (Wildman–Crippen MR) is 104 cm³/mol. The molecule has 0 aliphatic rings. The van der Waals surface area contributed by atoms with Gasteiger partial charge in [-0.3, -0.25) is 0 Å². The molecule has 0 fully saturated rings. The van der Waals surface area contributed by atoms with E-state index in [2.05, 4.69) is 0 Å². The van der Waals surface area contributed by atoms with Crippen LogP contribution in [0.3, 0.4) is 0 Å². The van der Waals surface area contributed by atoms with Crippen LogP contribution in [0.25, 0.3) is 0 Å². The first-order valence-electron chi connectivity index (χ1n) is 7.95. The fraction of sp³-hybridized carbons (Fsp3) is 0.294. The van der Waals surface area contributed by atoms with Crippen molar-refractivity contribution in [3.8, 4) is 0 Å². The van der Waals surface area contributed by atoms with Crippen molar-refractivity contribution in [2.75, 3.05) is 44.0 Å². The van der Waals surface area contributed by atoms with Gasteiger partial charge in [0, 0.05) is 29.4 Å². The van der Waals surface area contributed by atoms with Gasteiger partial charge in [0.1, 0.15) is 0 Å². The van der Waals surface area contributed by atoms with Gasteiger partial charge in [-0.05, 0) is 43.4 Å². The Morgan fingerprint density at radius 1 is 1.04 bits per heavy atom. The topological polar surface area (TPSA) is 108 Å². The second kappa shape index (κ2) is 9.79. The molecule has 0 atom stereocenters. The van der Waals surface area contributed by atoms with Gasteiger partial charge in [0.2, 0.25) is 0 Å². The van der Waals surface area contributed by atoms with Gasteiger partial charge < -0.3 is 16.4 Å². The van der Waals surface area contributed by atoms with Crippen LogP contribution < -0.4 is 11.5 Å². The molecule has 0 aliphatic heterocycles. The van der Waals surface area contributed by atoms with E-state index in [9.17, 15) is 8.42 Å². The van der Waals surface area contributed by atoms with Gasteiger partial charge in [0.15, 0.2) is 9.84 Å². The maximum atomic E-state index is 12.3. The first kappa shape index (κ1) is 20.5. The number of benzene rings is 2. The van der Waals surface area contributed by atoms with E-state index < -0.39 is 9.84 Å². The molecule has 9 heteroatoms. The van der Waals surface area contributed by atoms with E-state index in [1.165, 1.54) is 6.07 Å². The Bertz CT molecular complexity index is 815. The lowest BCUT2D eigenvalue weighted by Crippen LogP contribution is -2.28. The third kappa shape index (κ3) is 6.85. The van der Waals surface area contributed by atoms with Crippen LogP contribution in [-0.2, 0) is 19.1 Å². The van der Waals surface area contributed by atoms with Crippen molar-refractivity contribution in [1.29, 1.82) is 0 Å². The van der Waals surface area contributed by atoms with Crippen LogP contribution in [0.4, 0.5) is 11.4 Å². The molecule has 142 valence electrons. The van der Waals surface area contributed by atoms with Gasteiger partial charge in [-0.15, -0.1) is 0 Å². The quantitative estimate of drug-likeness (QED) is 0.207. The molecule has 0 saturated carbocycles. The zero-order valence-electron chi connectivity index (χ0n) is 14.5. The summed E-state index contributed by atoms with van der Waals surface area (Å²) in [5, 5.41) is 0. The number of hydrogen-bond acceptors (Lipinski definition) is 8. The Labute approximate surface area is 158 Å². The Balaban J connectivity index is 1.66. The number of likely N-dealkylation sites (N-methyl/N-ethyl adjacent to an activating group) is 1. The molecule has 0 unspecified atom stereocenters. The highest BCUT2D eigenvalue weighted by molar-refractivity contribution is 7.94. The van der Waals surface area contributed by atoms with E-state index in [-0.39, 0.29) is 10.6 Å². The summed E-state index contributed by atoms with van der Waals surface area (Å²) in [6.45, 7) is 1.22. The van der Waals surface area contributed by atoms with Crippen LogP contribution in [0.5, 0.6) is 0 Å². The zero-order valence-corrected chi connectivity index (χ0v) is 16.1. The fourth-order valence-electron chi connectivity index (χ4n) is 2.07. The van der Waals surface area contributed by atoms with Crippen LogP contribution in [0.15, 0.2) is 58.3 Å². The summed E-state index contributed by atoms with van der Waals surface area (Å²) in [6.07, 6.45) is 0. The summed E-state index contributed by atoms with van der Waals surface area (Å²) < 4.78 is 29.7. The van der Waals surface area contributed by atoms with E-state index in [0.717, 1.165) is 16.9 Å². The molecule has 0 bridgehead atoms. The molecule has 0 amide bonds. The highest BCUT2D eigenvalue weighted by Gasteiger charge is 2.15. The molecule has 0 aliphatic carbocycles. The Morgan fingerprint density at radius 2 is 1.73 bits per heavy atom. The lowest BCUT2D eigenvalue weighted by Gasteiger charge is -2.16. The average molecular weight is 398 g/mol.